The summed E-state index contributed by atoms with van der Waals surface area (Å²) in [7, 11) is 0. The molecular formula is C11H8BrCl2N. The molecule has 0 saturated carbocycles. The lowest BCUT2D eigenvalue weighted by atomic mass is 10.2. The third-order valence-electron chi connectivity index (χ3n) is 2.17. The molecule has 1 aromatic carbocycles. The van der Waals surface area contributed by atoms with E-state index < -0.39 is 0 Å². The van der Waals surface area contributed by atoms with Gasteiger partial charge in [0.25, 0.3) is 0 Å². The van der Waals surface area contributed by atoms with Crippen LogP contribution in [0.4, 0.5) is 0 Å². The predicted molar refractivity (Wildman–Crippen MR) is 69.4 cm³/mol. The molecule has 0 radical (unpaired) electrons. The van der Waals surface area contributed by atoms with Gasteiger partial charge in [-0.15, -0.1) is 0 Å². The van der Waals surface area contributed by atoms with Gasteiger partial charge in [0.15, 0.2) is 0 Å². The van der Waals surface area contributed by atoms with Crippen molar-refractivity contribution in [1.29, 1.82) is 0 Å². The van der Waals surface area contributed by atoms with E-state index in [1.165, 1.54) is 10.9 Å². The number of benzene rings is 1. The van der Waals surface area contributed by atoms with Crippen molar-refractivity contribution >= 4 is 50.0 Å². The maximum Gasteiger partial charge on any atom is 0.0592 e. The van der Waals surface area contributed by atoms with Gasteiger partial charge >= 0.3 is 0 Å². The third-order valence-corrected chi connectivity index (χ3v) is 3.27. The van der Waals surface area contributed by atoms with Crippen molar-refractivity contribution in [2.45, 2.75) is 6.54 Å². The number of allylic oxidation sites excluding steroid dienone is 1. The van der Waals surface area contributed by atoms with Crippen LogP contribution in [0.15, 0.2) is 45.5 Å². The molecule has 78 valence electrons. The van der Waals surface area contributed by atoms with Gasteiger partial charge in [-0.25, -0.2) is 0 Å². The Labute approximate surface area is 106 Å². The summed E-state index contributed by atoms with van der Waals surface area (Å²) in [5.41, 5.74) is 2.54. The van der Waals surface area contributed by atoms with E-state index in [0.717, 1.165) is 9.99 Å². The molecule has 0 aliphatic rings. The molecular weight excluding hydrogens is 297 g/mol. The Balaban J connectivity index is 2.45. The summed E-state index contributed by atoms with van der Waals surface area (Å²) in [6.45, 7) is 0.607. The van der Waals surface area contributed by atoms with Crippen LogP contribution in [0.25, 0.3) is 10.9 Å². The van der Waals surface area contributed by atoms with Crippen molar-refractivity contribution in [3.05, 3.63) is 45.5 Å². The van der Waals surface area contributed by atoms with Crippen LogP contribution < -0.4 is 0 Å². The molecule has 0 N–H and O–H groups in total. The van der Waals surface area contributed by atoms with Gasteiger partial charge in [0, 0.05) is 32.1 Å². The van der Waals surface area contributed by atoms with Gasteiger partial charge in [0.05, 0.1) is 6.54 Å². The van der Waals surface area contributed by atoms with Gasteiger partial charge in [0.1, 0.15) is 0 Å². The number of hydrogen-bond acceptors (Lipinski definition) is 0. The first-order valence-electron chi connectivity index (χ1n) is 4.40. The van der Waals surface area contributed by atoms with E-state index in [2.05, 4.69) is 38.7 Å². The summed E-state index contributed by atoms with van der Waals surface area (Å²) in [4.78, 5) is 0. The lowest BCUT2D eigenvalue weighted by molar-refractivity contribution is 0.852. The fourth-order valence-corrected chi connectivity index (χ4v) is 2.08. The van der Waals surface area contributed by atoms with Gasteiger partial charge in [-0.2, -0.15) is 0 Å². The smallest absolute Gasteiger partial charge is 0.0592 e. The lowest BCUT2D eigenvalue weighted by Crippen LogP contribution is -1.94. The zero-order valence-electron chi connectivity index (χ0n) is 7.75. The second kappa shape index (κ2) is 4.60. The van der Waals surface area contributed by atoms with Crippen molar-refractivity contribution in [2.75, 3.05) is 0 Å². The summed E-state index contributed by atoms with van der Waals surface area (Å²) in [6.07, 6.45) is 2.00. The zero-order valence-corrected chi connectivity index (χ0v) is 10.9. The molecule has 1 heterocycles. The number of rotatable bonds is 2. The molecule has 2 rings (SSSR count). The van der Waals surface area contributed by atoms with Crippen LogP contribution in [0.1, 0.15) is 0 Å². The van der Waals surface area contributed by atoms with Crippen LogP contribution in [-0.4, -0.2) is 4.57 Å². The van der Waals surface area contributed by atoms with Crippen LogP contribution in [0, 0.1) is 0 Å². The Bertz CT molecular complexity index is 516. The molecule has 2 aromatic rings. The van der Waals surface area contributed by atoms with Crippen LogP contribution in [0.2, 0.25) is 0 Å². The minimum absolute atomic E-state index is 0.607. The minimum atomic E-state index is 0.607. The third kappa shape index (κ3) is 2.39. The highest BCUT2D eigenvalue weighted by atomic mass is 79.9. The van der Waals surface area contributed by atoms with Crippen molar-refractivity contribution in [3.8, 4) is 0 Å². The number of halogens is 3. The van der Waals surface area contributed by atoms with Crippen LogP contribution >= 0.6 is 39.1 Å². The second-order valence-electron chi connectivity index (χ2n) is 3.20. The summed E-state index contributed by atoms with van der Waals surface area (Å²) >= 11 is 14.9. The Morgan fingerprint density at radius 3 is 2.93 bits per heavy atom. The van der Waals surface area contributed by atoms with Crippen LogP contribution in [-0.2, 0) is 6.54 Å². The fraction of sp³-hybridized carbons (Fsp3) is 0.0909. The van der Waals surface area contributed by atoms with E-state index in [9.17, 15) is 0 Å². The molecule has 0 amide bonds. The first-order valence-corrected chi connectivity index (χ1v) is 6.00. The second-order valence-corrected chi connectivity index (χ2v) is 4.82. The largest absolute Gasteiger partial charge is 0.342 e. The Kier molecular flexibility index (Phi) is 3.39. The normalized spacial score (nSPS) is 12.3. The number of nitrogens with zero attached hydrogens (tertiary/aromatic N) is 1. The molecule has 0 aliphatic carbocycles. The van der Waals surface area contributed by atoms with E-state index in [-0.39, 0.29) is 0 Å². The molecule has 0 aliphatic heterocycles. The standard InChI is InChI=1S/C11H8BrCl2N/c12-9-1-2-11-8(5-9)3-4-15(11)7-10(14)6-13/h1-6H,7H2/b10-6+. The SMILES string of the molecule is Cl/C=C(/Cl)Cn1ccc2cc(Br)ccc21. The quantitative estimate of drug-likeness (QED) is 0.756. The molecule has 1 aromatic heterocycles. The van der Waals surface area contributed by atoms with Crippen molar-refractivity contribution in [2.24, 2.45) is 0 Å². The van der Waals surface area contributed by atoms with Gasteiger partial charge in [-0.3, -0.25) is 0 Å². The lowest BCUT2D eigenvalue weighted by Gasteiger charge is -2.03. The Hall–Kier alpha value is -0.440. The molecule has 15 heavy (non-hydrogen) atoms. The van der Waals surface area contributed by atoms with Gasteiger partial charge < -0.3 is 4.57 Å². The molecule has 0 saturated heterocycles. The van der Waals surface area contributed by atoms with E-state index >= 15 is 0 Å². The van der Waals surface area contributed by atoms with Crippen molar-refractivity contribution in [3.63, 3.8) is 0 Å². The summed E-state index contributed by atoms with van der Waals surface area (Å²) in [5.74, 6) is 0. The first-order chi connectivity index (χ1) is 7.20. The highest BCUT2D eigenvalue weighted by Gasteiger charge is 2.02. The van der Waals surface area contributed by atoms with Crippen LogP contribution in [0.5, 0.6) is 0 Å². The minimum Gasteiger partial charge on any atom is -0.342 e. The van der Waals surface area contributed by atoms with Gasteiger partial charge in [0.2, 0.25) is 0 Å². The topological polar surface area (TPSA) is 4.93 Å². The van der Waals surface area contributed by atoms with Crippen LogP contribution in [0.3, 0.4) is 0 Å². The molecule has 0 bridgehead atoms. The maximum atomic E-state index is 5.89. The first kappa shape index (κ1) is 11.1. The van der Waals surface area contributed by atoms with E-state index in [0.29, 0.717) is 11.6 Å². The molecule has 1 nitrogen and oxygen atoms in total. The fourth-order valence-electron chi connectivity index (χ4n) is 1.51. The van der Waals surface area contributed by atoms with E-state index in [1.54, 1.807) is 0 Å². The summed E-state index contributed by atoms with van der Waals surface area (Å²) < 4.78 is 3.13. The van der Waals surface area contributed by atoms with Gasteiger partial charge in [-0.1, -0.05) is 39.1 Å². The number of hydrogen-bond donors (Lipinski definition) is 0. The monoisotopic (exact) mass is 303 g/mol. The Morgan fingerprint density at radius 1 is 1.40 bits per heavy atom. The molecule has 4 heteroatoms. The molecule has 0 spiro atoms. The average Bonchev–Trinajstić information content (AvgIpc) is 2.60. The highest BCUT2D eigenvalue weighted by molar-refractivity contribution is 9.10. The highest BCUT2D eigenvalue weighted by Crippen LogP contribution is 2.22. The molecule has 0 atom stereocenters. The summed E-state index contributed by atoms with van der Waals surface area (Å²) in [6, 6.07) is 8.19. The molecule has 0 unspecified atom stereocenters. The maximum absolute atomic E-state index is 5.89. The van der Waals surface area contributed by atoms with E-state index in [1.807, 2.05) is 12.3 Å². The van der Waals surface area contributed by atoms with Crippen molar-refractivity contribution < 1.29 is 0 Å². The zero-order chi connectivity index (χ0) is 10.8. The van der Waals surface area contributed by atoms with E-state index in [4.69, 9.17) is 23.2 Å². The summed E-state index contributed by atoms with van der Waals surface area (Å²) in [5, 5.41) is 1.81. The average molecular weight is 305 g/mol. The Morgan fingerprint density at radius 2 is 2.20 bits per heavy atom. The van der Waals surface area contributed by atoms with Gasteiger partial charge in [-0.05, 0) is 24.3 Å². The van der Waals surface area contributed by atoms with Crippen molar-refractivity contribution in [1.82, 2.24) is 4.57 Å². The number of aromatic nitrogens is 1. The predicted octanol–water partition coefficient (Wildman–Crippen LogP) is 4.72. The number of fused-ring (bicyclic) bond motifs is 1. The molecule has 0 fully saturated rings.